The van der Waals surface area contributed by atoms with E-state index >= 15 is 0 Å². The average Bonchev–Trinajstić information content (AvgIpc) is 2.36. The molecule has 0 radical (unpaired) electrons. The van der Waals surface area contributed by atoms with Gasteiger partial charge in [0.1, 0.15) is 5.75 Å². The topological polar surface area (TPSA) is 73.6 Å². The molecule has 0 aromatic heterocycles. The van der Waals surface area contributed by atoms with Gasteiger partial charge in [-0.2, -0.15) is 0 Å². The fourth-order valence-corrected chi connectivity index (χ4v) is 1.62. The lowest BCUT2D eigenvalue weighted by atomic mass is 10.2. The third-order valence-corrected chi connectivity index (χ3v) is 2.68. The summed E-state index contributed by atoms with van der Waals surface area (Å²) in [6.45, 7) is 0.288. The maximum atomic E-state index is 11.8. The Kier molecular flexibility index (Phi) is 5.91. The Labute approximate surface area is 111 Å². The zero-order valence-corrected chi connectivity index (χ0v) is 11.2. The van der Waals surface area contributed by atoms with Gasteiger partial charge < -0.3 is 20.5 Å². The van der Waals surface area contributed by atoms with Crippen molar-refractivity contribution in [3.63, 3.8) is 0 Å². The minimum absolute atomic E-state index is 0.183. The molecular formula is C12H17ClN2O3. The first-order chi connectivity index (χ1) is 8.60. The lowest BCUT2D eigenvalue weighted by Gasteiger charge is -2.14. The van der Waals surface area contributed by atoms with E-state index in [2.05, 4.69) is 5.32 Å². The van der Waals surface area contributed by atoms with Crippen molar-refractivity contribution in [2.45, 2.75) is 12.5 Å². The summed E-state index contributed by atoms with van der Waals surface area (Å²) in [6, 6.07) is 5.01. The molecule has 5 nitrogen and oxygen atoms in total. The first-order valence-electron chi connectivity index (χ1n) is 5.47. The minimum atomic E-state index is -0.296. The molecule has 3 N–H and O–H groups in total. The molecule has 0 heterocycles. The summed E-state index contributed by atoms with van der Waals surface area (Å²) in [7, 11) is 3.04. The van der Waals surface area contributed by atoms with Gasteiger partial charge in [0.2, 0.25) is 5.91 Å². The number of nitrogens with one attached hydrogen (secondary N) is 1. The Morgan fingerprint density at radius 2 is 2.22 bits per heavy atom. The van der Waals surface area contributed by atoms with E-state index in [1.165, 1.54) is 14.2 Å². The van der Waals surface area contributed by atoms with Crippen molar-refractivity contribution in [3.05, 3.63) is 23.2 Å². The van der Waals surface area contributed by atoms with E-state index in [1.54, 1.807) is 18.2 Å². The van der Waals surface area contributed by atoms with Crippen molar-refractivity contribution < 1.29 is 14.3 Å². The quantitative estimate of drug-likeness (QED) is 0.826. The first kappa shape index (κ1) is 14.8. The van der Waals surface area contributed by atoms with Crippen LogP contribution in [0.15, 0.2) is 18.2 Å². The fraction of sp³-hybridized carbons (Fsp3) is 0.417. The van der Waals surface area contributed by atoms with Gasteiger partial charge in [-0.15, -0.1) is 0 Å². The third kappa shape index (κ3) is 4.18. The summed E-state index contributed by atoms with van der Waals surface area (Å²) in [5.41, 5.74) is 5.98. The van der Waals surface area contributed by atoms with Crippen LogP contribution in [0.1, 0.15) is 6.42 Å². The van der Waals surface area contributed by atoms with Crippen LogP contribution in [0.2, 0.25) is 5.02 Å². The molecule has 0 saturated heterocycles. The maximum Gasteiger partial charge on any atom is 0.227 e. The van der Waals surface area contributed by atoms with Crippen LogP contribution in [0.5, 0.6) is 5.75 Å². The molecule has 0 fully saturated rings. The lowest BCUT2D eigenvalue weighted by Crippen LogP contribution is -2.28. The predicted octanol–water partition coefficient (Wildman–Crippen LogP) is 1.65. The Hall–Kier alpha value is -1.30. The van der Waals surface area contributed by atoms with Gasteiger partial charge in [0.25, 0.3) is 0 Å². The van der Waals surface area contributed by atoms with Crippen molar-refractivity contribution in [1.29, 1.82) is 0 Å². The number of benzene rings is 1. The minimum Gasteiger partial charge on any atom is -0.495 e. The average molecular weight is 273 g/mol. The number of anilines is 1. The molecule has 0 bridgehead atoms. The van der Waals surface area contributed by atoms with Crippen LogP contribution in [-0.2, 0) is 9.53 Å². The number of carbonyl (C=O) groups excluding carboxylic acids is 1. The van der Waals surface area contributed by atoms with Crippen molar-refractivity contribution in [1.82, 2.24) is 0 Å². The van der Waals surface area contributed by atoms with E-state index in [4.69, 9.17) is 26.8 Å². The molecule has 0 saturated carbocycles. The van der Waals surface area contributed by atoms with Gasteiger partial charge in [0, 0.05) is 18.7 Å². The van der Waals surface area contributed by atoms with Gasteiger partial charge in [0.05, 0.1) is 25.3 Å². The molecule has 1 aromatic rings. The molecule has 6 heteroatoms. The summed E-state index contributed by atoms with van der Waals surface area (Å²) >= 11 is 5.87. The van der Waals surface area contributed by atoms with Crippen LogP contribution in [0.3, 0.4) is 0 Å². The molecule has 18 heavy (non-hydrogen) atoms. The Bertz CT molecular complexity index is 408. The molecule has 0 aliphatic heterocycles. The van der Waals surface area contributed by atoms with Gasteiger partial charge in [0.15, 0.2) is 0 Å². The summed E-state index contributed by atoms with van der Waals surface area (Å²) in [6.07, 6.45) is -0.113. The molecule has 100 valence electrons. The fourth-order valence-electron chi connectivity index (χ4n) is 1.45. The number of ether oxygens (including phenoxy) is 2. The normalized spacial score (nSPS) is 12.0. The van der Waals surface area contributed by atoms with E-state index in [9.17, 15) is 4.79 Å². The number of amides is 1. The molecule has 1 amide bonds. The maximum absolute atomic E-state index is 11.8. The zero-order chi connectivity index (χ0) is 13.5. The Balaban J connectivity index is 2.71. The van der Waals surface area contributed by atoms with E-state index in [0.717, 1.165) is 0 Å². The predicted molar refractivity (Wildman–Crippen MR) is 71.1 cm³/mol. The number of halogens is 1. The summed E-state index contributed by atoms with van der Waals surface area (Å²) in [5.74, 6) is 0.349. The van der Waals surface area contributed by atoms with E-state index < -0.39 is 0 Å². The van der Waals surface area contributed by atoms with Crippen molar-refractivity contribution in [2.24, 2.45) is 5.73 Å². The summed E-state index contributed by atoms with van der Waals surface area (Å²) < 4.78 is 10.2. The van der Waals surface area contributed by atoms with Crippen LogP contribution >= 0.6 is 11.6 Å². The molecule has 1 aromatic carbocycles. The summed E-state index contributed by atoms with van der Waals surface area (Å²) in [4.78, 5) is 11.8. The number of carbonyl (C=O) groups is 1. The van der Waals surface area contributed by atoms with Crippen molar-refractivity contribution in [3.8, 4) is 5.75 Å². The molecule has 0 spiro atoms. The highest BCUT2D eigenvalue weighted by Crippen LogP contribution is 2.27. The largest absolute Gasteiger partial charge is 0.495 e. The highest BCUT2D eigenvalue weighted by molar-refractivity contribution is 6.31. The second-order valence-electron chi connectivity index (χ2n) is 3.69. The van der Waals surface area contributed by atoms with Crippen LogP contribution in [0.4, 0.5) is 5.69 Å². The highest BCUT2D eigenvalue weighted by atomic mass is 35.5. The van der Waals surface area contributed by atoms with Crippen molar-refractivity contribution in [2.75, 3.05) is 26.1 Å². The van der Waals surface area contributed by atoms with E-state index in [0.29, 0.717) is 16.5 Å². The van der Waals surface area contributed by atoms with Gasteiger partial charge >= 0.3 is 0 Å². The molecule has 1 rings (SSSR count). The first-order valence-corrected chi connectivity index (χ1v) is 5.84. The number of rotatable bonds is 6. The van der Waals surface area contributed by atoms with Crippen LogP contribution < -0.4 is 15.8 Å². The number of hydrogen-bond acceptors (Lipinski definition) is 4. The summed E-state index contributed by atoms with van der Waals surface area (Å²) in [5, 5.41) is 3.24. The number of hydrogen-bond donors (Lipinski definition) is 2. The second kappa shape index (κ2) is 7.20. The number of nitrogens with two attached hydrogens (primary N) is 1. The third-order valence-electron chi connectivity index (χ3n) is 2.44. The highest BCUT2D eigenvalue weighted by Gasteiger charge is 2.13. The van der Waals surface area contributed by atoms with E-state index in [-0.39, 0.29) is 25.0 Å². The van der Waals surface area contributed by atoms with Gasteiger partial charge in [-0.1, -0.05) is 11.6 Å². The Morgan fingerprint density at radius 3 is 2.78 bits per heavy atom. The molecule has 0 aliphatic rings. The van der Waals surface area contributed by atoms with Crippen LogP contribution in [0, 0.1) is 0 Å². The van der Waals surface area contributed by atoms with Crippen LogP contribution in [-0.4, -0.2) is 32.8 Å². The van der Waals surface area contributed by atoms with Gasteiger partial charge in [-0.3, -0.25) is 4.79 Å². The molecule has 1 atom stereocenters. The smallest absolute Gasteiger partial charge is 0.227 e. The monoisotopic (exact) mass is 272 g/mol. The van der Waals surface area contributed by atoms with Gasteiger partial charge in [-0.25, -0.2) is 0 Å². The van der Waals surface area contributed by atoms with Gasteiger partial charge in [-0.05, 0) is 18.2 Å². The van der Waals surface area contributed by atoms with Crippen LogP contribution in [0.25, 0.3) is 0 Å². The molecule has 1 unspecified atom stereocenters. The van der Waals surface area contributed by atoms with E-state index in [1.807, 2.05) is 0 Å². The Morgan fingerprint density at radius 1 is 1.50 bits per heavy atom. The lowest BCUT2D eigenvalue weighted by molar-refractivity contribution is -0.118. The SMILES string of the molecule is COc1ccc(Cl)cc1NC(=O)CC(CN)OC. The number of methoxy groups -OCH3 is 2. The zero-order valence-electron chi connectivity index (χ0n) is 10.4. The van der Waals surface area contributed by atoms with Crippen molar-refractivity contribution >= 4 is 23.2 Å². The second-order valence-corrected chi connectivity index (χ2v) is 4.13. The molecular weight excluding hydrogens is 256 g/mol. The standard InChI is InChI=1S/C12H17ClN2O3/c1-17-9(7-14)6-12(16)15-10-5-8(13)3-4-11(10)18-2/h3-5,9H,6-7,14H2,1-2H3,(H,15,16). The molecule has 0 aliphatic carbocycles.